The molecule has 0 bridgehead atoms. The standard InChI is InChI=1S/C20H31N3O2/c1-25-15-5-13-22-12-4-9-20(16-22)10-7-19(24)23(17-20)14-8-18-6-2-3-11-21-18/h2-3,6,11H,4-5,7-10,12-17H2,1H3/t20-/m0/s1. The molecule has 1 amide bonds. The van der Waals surface area contributed by atoms with Crippen molar-refractivity contribution in [3.8, 4) is 0 Å². The number of hydrogen-bond acceptors (Lipinski definition) is 4. The van der Waals surface area contributed by atoms with Crippen LogP contribution in [-0.4, -0.2) is 67.1 Å². The zero-order chi connectivity index (χ0) is 17.5. The van der Waals surface area contributed by atoms with Crippen molar-refractivity contribution in [2.75, 3.05) is 46.4 Å². The number of pyridine rings is 1. The van der Waals surface area contributed by atoms with Crippen molar-refractivity contribution in [1.82, 2.24) is 14.8 Å². The van der Waals surface area contributed by atoms with Crippen LogP contribution in [0, 0.1) is 5.41 Å². The smallest absolute Gasteiger partial charge is 0.222 e. The molecule has 5 heteroatoms. The monoisotopic (exact) mass is 345 g/mol. The van der Waals surface area contributed by atoms with Crippen LogP contribution < -0.4 is 0 Å². The lowest BCUT2D eigenvalue weighted by molar-refractivity contribution is -0.139. The number of amides is 1. The molecule has 138 valence electrons. The molecule has 2 saturated heterocycles. The molecule has 3 heterocycles. The number of methoxy groups -OCH3 is 1. The van der Waals surface area contributed by atoms with E-state index in [2.05, 4.69) is 14.8 Å². The molecule has 1 atom stereocenters. The van der Waals surface area contributed by atoms with Gasteiger partial charge < -0.3 is 14.5 Å². The van der Waals surface area contributed by atoms with E-state index in [0.717, 1.165) is 57.7 Å². The number of ether oxygens (including phenoxy) is 1. The summed E-state index contributed by atoms with van der Waals surface area (Å²) < 4.78 is 5.19. The number of likely N-dealkylation sites (tertiary alicyclic amines) is 2. The maximum Gasteiger partial charge on any atom is 0.222 e. The van der Waals surface area contributed by atoms with Crippen LogP contribution in [0.25, 0.3) is 0 Å². The summed E-state index contributed by atoms with van der Waals surface area (Å²) in [7, 11) is 1.77. The average molecular weight is 345 g/mol. The van der Waals surface area contributed by atoms with Gasteiger partial charge in [-0.05, 0) is 44.4 Å². The van der Waals surface area contributed by atoms with Crippen LogP contribution in [0.1, 0.15) is 37.8 Å². The quantitative estimate of drug-likeness (QED) is 0.712. The second-order valence-corrected chi connectivity index (χ2v) is 7.61. The zero-order valence-corrected chi connectivity index (χ0v) is 15.5. The third-order valence-corrected chi connectivity index (χ3v) is 5.68. The number of carbonyl (C=O) groups excluding carboxylic acids is 1. The fraction of sp³-hybridized carbons (Fsp3) is 0.700. The van der Waals surface area contributed by atoms with E-state index in [1.54, 1.807) is 7.11 Å². The highest BCUT2D eigenvalue weighted by Gasteiger charge is 2.41. The fourth-order valence-electron chi connectivity index (χ4n) is 4.37. The van der Waals surface area contributed by atoms with Gasteiger partial charge in [-0.1, -0.05) is 6.07 Å². The van der Waals surface area contributed by atoms with Crippen molar-refractivity contribution in [3.63, 3.8) is 0 Å². The van der Waals surface area contributed by atoms with E-state index in [1.807, 2.05) is 24.4 Å². The van der Waals surface area contributed by atoms with Gasteiger partial charge in [-0.25, -0.2) is 0 Å². The Morgan fingerprint density at radius 1 is 1.24 bits per heavy atom. The van der Waals surface area contributed by atoms with Crippen molar-refractivity contribution in [2.24, 2.45) is 5.41 Å². The number of rotatable bonds is 7. The minimum Gasteiger partial charge on any atom is -0.385 e. The molecule has 1 spiro atoms. The van der Waals surface area contributed by atoms with Gasteiger partial charge in [0.05, 0.1) is 0 Å². The van der Waals surface area contributed by atoms with Gasteiger partial charge in [0.25, 0.3) is 0 Å². The summed E-state index contributed by atoms with van der Waals surface area (Å²) in [5.41, 5.74) is 1.36. The van der Waals surface area contributed by atoms with Crippen molar-refractivity contribution < 1.29 is 9.53 Å². The van der Waals surface area contributed by atoms with Gasteiger partial charge in [-0.3, -0.25) is 9.78 Å². The van der Waals surface area contributed by atoms with Crippen molar-refractivity contribution in [2.45, 2.75) is 38.5 Å². The number of nitrogens with zero attached hydrogens (tertiary/aromatic N) is 3. The number of hydrogen-bond donors (Lipinski definition) is 0. The third-order valence-electron chi connectivity index (χ3n) is 5.68. The Balaban J connectivity index is 1.56. The summed E-state index contributed by atoms with van der Waals surface area (Å²) >= 11 is 0. The van der Waals surface area contributed by atoms with Gasteiger partial charge in [0.15, 0.2) is 0 Å². The van der Waals surface area contributed by atoms with E-state index in [-0.39, 0.29) is 0 Å². The Morgan fingerprint density at radius 2 is 2.16 bits per heavy atom. The van der Waals surface area contributed by atoms with Crippen LogP contribution in [0.2, 0.25) is 0 Å². The second-order valence-electron chi connectivity index (χ2n) is 7.61. The largest absolute Gasteiger partial charge is 0.385 e. The van der Waals surface area contributed by atoms with Crippen LogP contribution in [0.4, 0.5) is 0 Å². The van der Waals surface area contributed by atoms with Gasteiger partial charge in [0.1, 0.15) is 0 Å². The first-order valence-electron chi connectivity index (χ1n) is 9.60. The summed E-state index contributed by atoms with van der Waals surface area (Å²) in [6.45, 7) is 5.97. The highest BCUT2D eigenvalue weighted by Crippen LogP contribution is 2.38. The van der Waals surface area contributed by atoms with Gasteiger partial charge in [-0.2, -0.15) is 0 Å². The molecule has 1 aromatic rings. The van der Waals surface area contributed by atoms with Crippen molar-refractivity contribution in [3.05, 3.63) is 30.1 Å². The molecule has 0 saturated carbocycles. The van der Waals surface area contributed by atoms with E-state index in [9.17, 15) is 4.79 Å². The first-order valence-corrected chi connectivity index (χ1v) is 9.60. The van der Waals surface area contributed by atoms with Crippen molar-refractivity contribution in [1.29, 1.82) is 0 Å². The molecule has 2 aliphatic rings. The van der Waals surface area contributed by atoms with Gasteiger partial charge in [-0.15, -0.1) is 0 Å². The lowest BCUT2D eigenvalue weighted by atomic mass is 9.73. The van der Waals surface area contributed by atoms with Crippen LogP contribution >= 0.6 is 0 Å². The Bertz CT molecular complexity index is 551. The highest BCUT2D eigenvalue weighted by atomic mass is 16.5. The van der Waals surface area contributed by atoms with Crippen LogP contribution in [0.3, 0.4) is 0 Å². The van der Waals surface area contributed by atoms with Crippen molar-refractivity contribution >= 4 is 5.91 Å². The third kappa shape index (κ3) is 5.02. The molecule has 0 radical (unpaired) electrons. The summed E-state index contributed by atoms with van der Waals surface area (Å²) in [5, 5.41) is 0. The normalized spacial score (nSPS) is 24.8. The molecule has 2 fully saturated rings. The Morgan fingerprint density at radius 3 is 2.96 bits per heavy atom. The molecule has 0 aromatic carbocycles. The summed E-state index contributed by atoms with van der Waals surface area (Å²) in [6.07, 6.45) is 8.01. The van der Waals surface area contributed by atoms with Gasteiger partial charge >= 0.3 is 0 Å². The fourth-order valence-corrected chi connectivity index (χ4v) is 4.37. The molecular weight excluding hydrogens is 314 g/mol. The first kappa shape index (κ1) is 18.3. The van der Waals surface area contributed by atoms with Gasteiger partial charge in [0, 0.05) is 70.0 Å². The van der Waals surface area contributed by atoms with E-state index in [4.69, 9.17) is 4.74 Å². The minimum absolute atomic E-state index is 0.295. The maximum absolute atomic E-state index is 12.4. The Hall–Kier alpha value is -1.46. The SMILES string of the molecule is COCCCN1CCC[C@]2(CCC(=O)N(CCc3ccccn3)C2)C1. The predicted octanol–water partition coefficient (Wildman–Crippen LogP) is 2.37. The molecule has 25 heavy (non-hydrogen) atoms. The molecule has 1 aromatic heterocycles. The Kier molecular flexibility index (Phi) is 6.43. The van der Waals surface area contributed by atoms with Gasteiger partial charge in [0.2, 0.25) is 5.91 Å². The minimum atomic E-state index is 0.295. The van der Waals surface area contributed by atoms with Crippen LogP contribution in [-0.2, 0) is 16.0 Å². The molecule has 3 rings (SSSR count). The summed E-state index contributed by atoms with van der Waals surface area (Å²) in [4.78, 5) is 21.5. The number of carbonyl (C=O) groups is 1. The molecule has 0 N–H and O–H groups in total. The summed E-state index contributed by atoms with van der Waals surface area (Å²) in [6, 6.07) is 5.99. The number of aromatic nitrogens is 1. The van der Waals surface area contributed by atoms with E-state index in [0.29, 0.717) is 17.7 Å². The topological polar surface area (TPSA) is 45.7 Å². The van der Waals surface area contributed by atoms with Crippen LogP contribution in [0.15, 0.2) is 24.4 Å². The highest BCUT2D eigenvalue weighted by molar-refractivity contribution is 5.77. The molecule has 2 aliphatic heterocycles. The molecule has 5 nitrogen and oxygen atoms in total. The lowest BCUT2D eigenvalue weighted by Crippen LogP contribution is -2.54. The first-order chi connectivity index (χ1) is 12.2. The zero-order valence-electron chi connectivity index (χ0n) is 15.5. The van der Waals surface area contributed by atoms with Crippen LogP contribution in [0.5, 0.6) is 0 Å². The number of piperidine rings is 2. The molecule has 0 aliphatic carbocycles. The lowest BCUT2D eigenvalue weighted by Gasteiger charge is -2.48. The second kappa shape index (κ2) is 8.77. The molecule has 0 unspecified atom stereocenters. The molecular formula is C20H31N3O2. The van der Waals surface area contributed by atoms with E-state index < -0.39 is 0 Å². The van der Waals surface area contributed by atoms with E-state index in [1.165, 1.54) is 19.4 Å². The Labute approximate surface area is 151 Å². The average Bonchev–Trinajstić information content (AvgIpc) is 2.64. The summed E-state index contributed by atoms with van der Waals surface area (Å²) in [5.74, 6) is 0.318. The predicted molar refractivity (Wildman–Crippen MR) is 98.4 cm³/mol. The van der Waals surface area contributed by atoms with E-state index >= 15 is 0 Å². The maximum atomic E-state index is 12.4.